The standard InChI is InChI=1S/C20H19N3O/c1-13-9-11-17(12-10-13)22-20-18(15(3)24)14(2)21-19(23-20)16-7-5-4-6-8-16/h4-12H,1-3H3,(H,21,22,23). The Kier molecular flexibility index (Phi) is 4.38. The summed E-state index contributed by atoms with van der Waals surface area (Å²) in [5.74, 6) is 1.09. The molecule has 3 aromatic rings. The first-order valence-electron chi connectivity index (χ1n) is 7.83. The molecular weight excluding hydrogens is 298 g/mol. The van der Waals surface area contributed by atoms with E-state index in [4.69, 9.17) is 0 Å². The number of aromatic nitrogens is 2. The maximum absolute atomic E-state index is 12.1. The lowest BCUT2D eigenvalue weighted by Crippen LogP contribution is -2.09. The molecule has 0 bridgehead atoms. The fraction of sp³-hybridized carbons (Fsp3) is 0.150. The van der Waals surface area contributed by atoms with Crippen LogP contribution in [0.25, 0.3) is 11.4 Å². The van der Waals surface area contributed by atoms with Crippen LogP contribution in [0, 0.1) is 13.8 Å². The van der Waals surface area contributed by atoms with Gasteiger partial charge in [-0.3, -0.25) is 4.79 Å². The summed E-state index contributed by atoms with van der Waals surface area (Å²) in [6.07, 6.45) is 0. The van der Waals surface area contributed by atoms with Crippen LogP contribution in [0.4, 0.5) is 11.5 Å². The van der Waals surface area contributed by atoms with Gasteiger partial charge in [0.25, 0.3) is 0 Å². The molecule has 0 spiro atoms. The Morgan fingerprint density at radius 2 is 1.58 bits per heavy atom. The summed E-state index contributed by atoms with van der Waals surface area (Å²) < 4.78 is 0. The Morgan fingerprint density at radius 3 is 2.21 bits per heavy atom. The molecule has 0 amide bonds. The highest BCUT2D eigenvalue weighted by Gasteiger charge is 2.16. The third-order valence-corrected chi connectivity index (χ3v) is 3.79. The van der Waals surface area contributed by atoms with Crippen LogP contribution in [0.1, 0.15) is 28.5 Å². The van der Waals surface area contributed by atoms with Crippen molar-refractivity contribution >= 4 is 17.3 Å². The molecule has 0 unspecified atom stereocenters. The number of nitrogens with one attached hydrogen (secondary N) is 1. The van der Waals surface area contributed by atoms with E-state index < -0.39 is 0 Å². The Hall–Kier alpha value is -3.01. The number of hydrogen-bond acceptors (Lipinski definition) is 4. The summed E-state index contributed by atoms with van der Waals surface area (Å²) in [5.41, 5.74) is 4.18. The zero-order valence-corrected chi connectivity index (χ0v) is 14.0. The number of carbonyl (C=O) groups is 1. The van der Waals surface area contributed by atoms with Gasteiger partial charge in [0.05, 0.1) is 11.3 Å². The Bertz CT molecular complexity index is 871. The summed E-state index contributed by atoms with van der Waals surface area (Å²) in [6.45, 7) is 5.41. The molecule has 3 rings (SSSR count). The van der Waals surface area contributed by atoms with Crippen molar-refractivity contribution in [3.63, 3.8) is 0 Å². The third-order valence-electron chi connectivity index (χ3n) is 3.79. The molecule has 1 aromatic heterocycles. The van der Waals surface area contributed by atoms with Gasteiger partial charge < -0.3 is 5.32 Å². The van der Waals surface area contributed by atoms with E-state index in [0.717, 1.165) is 11.3 Å². The van der Waals surface area contributed by atoms with Gasteiger partial charge in [0.15, 0.2) is 11.6 Å². The lowest BCUT2D eigenvalue weighted by molar-refractivity contribution is 0.101. The number of anilines is 2. The van der Waals surface area contributed by atoms with Gasteiger partial charge in [0.2, 0.25) is 0 Å². The quantitative estimate of drug-likeness (QED) is 0.708. The van der Waals surface area contributed by atoms with E-state index in [1.165, 1.54) is 12.5 Å². The van der Waals surface area contributed by atoms with Crippen molar-refractivity contribution in [2.24, 2.45) is 0 Å². The predicted octanol–water partition coefficient (Wildman–Crippen LogP) is 4.71. The first kappa shape index (κ1) is 15.9. The SMILES string of the molecule is CC(=O)c1c(C)nc(-c2ccccc2)nc1Nc1ccc(C)cc1. The highest BCUT2D eigenvalue weighted by molar-refractivity contribution is 6.00. The molecule has 0 aliphatic carbocycles. The number of aryl methyl sites for hydroxylation is 2. The fourth-order valence-electron chi connectivity index (χ4n) is 2.57. The first-order chi connectivity index (χ1) is 11.5. The molecule has 24 heavy (non-hydrogen) atoms. The maximum atomic E-state index is 12.1. The summed E-state index contributed by atoms with van der Waals surface area (Å²) in [5, 5.41) is 3.26. The van der Waals surface area contributed by atoms with E-state index in [1.54, 1.807) is 0 Å². The van der Waals surface area contributed by atoms with Crippen LogP contribution in [0.5, 0.6) is 0 Å². The van der Waals surface area contributed by atoms with E-state index in [2.05, 4.69) is 15.3 Å². The largest absolute Gasteiger partial charge is 0.339 e. The molecule has 120 valence electrons. The smallest absolute Gasteiger partial charge is 0.165 e. The Balaban J connectivity index is 2.09. The van der Waals surface area contributed by atoms with Gasteiger partial charge in [0.1, 0.15) is 5.82 Å². The van der Waals surface area contributed by atoms with Gasteiger partial charge in [0, 0.05) is 11.3 Å². The van der Waals surface area contributed by atoms with Crippen molar-refractivity contribution in [3.05, 3.63) is 71.4 Å². The number of carbonyl (C=O) groups excluding carboxylic acids is 1. The van der Waals surface area contributed by atoms with Crippen LogP contribution in [0.2, 0.25) is 0 Å². The van der Waals surface area contributed by atoms with E-state index in [0.29, 0.717) is 22.9 Å². The number of benzene rings is 2. The van der Waals surface area contributed by atoms with Gasteiger partial charge in [-0.1, -0.05) is 48.0 Å². The predicted molar refractivity (Wildman–Crippen MR) is 96.7 cm³/mol. The molecule has 0 aliphatic heterocycles. The number of ketones is 1. The van der Waals surface area contributed by atoms with Crippen molar-refractivity contribution < 1.29 is 4.79 Å². The molecule has 1 heterocycles. The number of nitrogens with zero attached hydrogens (tertiary/aromatic N) is 2. The molecule has 0 saturated heterocycles. The van der Waals surface area contributed by atoms with Crippen LogP contribution in [0.3, 0.4) is 0 Å². The fourth-order valence-corrected chi connectivity index (χ4v) is 2.57. The van der Waals surface area contributed by atoms with Crippen LogP contribution >= 0.6 is 0 Å². The molecule has 4 heteroatoms. The van der Waals surface area contributed by atoms with E-state index in [-0.39, 0.29) is 5.78 Å². The maximum Gasteiger partial charge on any atom is 0.165 e. The van der Waals surface area contributed by atoms with Gasteiger partial charge in [-0.2, -0.15) is 0 Å². The first-order valence-corrected chi connectivity index (χ1v) is 7.83. The van der Waals surface area contributed by atoms with Crippen molar-refractivity contribution in [1.29, 1.82) is 0 Å². The number of rotatable bonds is 4. The zero-order valence-electron chi connectivity index (χ0n) is 14.0. The van der Waals surface area contributed by atoms with Crippen molar-refractivity contribution in [3.8, 4) is 11.4 Å². The van der Waals surface area contributed by atoms with Gasteiger partial charge in [-0.25, -0.2) is 9.97 Å². The Labute approximate surface area is 141 Å². The number of hydrogen-bond donors (Lipinski definition) is 1. The lowest BCUT2D eigenvalue weighted by atomic mass is 10.1. The second kappa shape index (κ2) is 6.62. The topological polar surface area (TPSA) is 54.9 Å². The molecule has 4 nitrogen and oxygen atoms in total. The molecule has 2 aromatic carbocycles. The average molecular weight is 317 g/mol. The van der Waals surface area contributed by atoms with Gasteiger partial charge in [-0.15, -0.1) is 0 Å². The van der Waals surface area contributed by atoms with Crippen LogP contribution < -0.4 is 5.32 Å². The molecule has 1 N–H and O–H groups in total. The second-order valence-corrected chi connectivity index (χ2v) is 5.77. The summed E-state index contributed by atoms with van der Waals surface area (Å²) in [4.78, 5) is 21.2. The zero-order chi connectivity index (χ0) is 17.1. The lowest BCUT2D eigenvalue weighted by Gasteiger charge is -2.13. The average Bonchev–Trinajstić information content (AvgIpc) is 2.57. The summed E-state index contributed by atoms with van der Waals surface area (Å²) in [7, 11) is 0. The summed E-state index contributed by atoms with van der Waals surface area (Å²) in [6, 6.07) is 17.7. The van der Waals surface area contributed by atoms with Crippen LogP contribution in [0.15, 0.2) is 54.6 Å². The minimum atomic E-state index is -0.0540. The molecule has 0 atom stereocenters. The summed E-state index contributed by atoms with van der Waals surface area (Å²) >= 11 is 0. The minimum absolute atomic E-state index is 0.0540. The highest BCUT2D eigenvalue weighted by Crippen LogP contribution is 2.25. The van der Waals surface area contributed by atoms with Crippen molar-refractivity contribution in [2.75, 3.05) is 5.32 Å². The third kappa shape index (κ3) is 3.33. The molecule has 0 saturated carbocycles. The Morgan fingerprint density at radius 1 is 0.917 bits per heavy atom. The van der Waals surface area contributed by atoms with Crippen molar-refractivity contribution in [1.82, 2.24) is 9.97 Å². The van der Waals surface area contributed by atoms with E-state index in [1.807, 2.05) is 68.4 Å². The monoisotopic (exact) mass is 317 g/mol. The normalized spacial score (nSPS) is 10.5. The van der Waals surface area contributed by atoms with E-state index in [9.17, 15) is 4.79 Å². The number of Topliss-reactive ketones (excluding diaryl/α,β-unsaturated/α-hetero) is 1. The molecule has 0 aliphatic rings. The van der Waals surface area contributed by atoms with E-state index >= 15 is 0 Å². The second-order valence-electron chi connectivity index (χ2n) is 5.77. The molecular formula is C20H19N3O. The highest BCUT2D eigenvalue weighted by atomic mass is 16.1. The molecule has 0 radical (unpaired) electrons. The van der Waals surface area contributed by atoms with Gasteiger partial charge >= 0.3 is 0 Å². The van der Waals surface area contributed by atoms with Crippen LogP contribution in [-0.2, 0) is 0 Å². The minimum Gasteiger partial charge on any atom is -0.339 e. The molecule has 0 fully saturated rings. The van der Waals surface area contributed by atoms with Gasteiger partial charge in [-0.05, 0) is 32.9 Å². The van der Waals surface area contributed by atoms with Crippen molar-refractivity contribution in [2.45, 2.75) is 20.8 Å². The van der Waals surface area contributed by atoms with Crippen LogP contribution in [-0.4, -0.2) is 15.8 Å².